The van der Waals surface area contributed by atoms with Gasteiger partial charge in [-0.1, -0.05) is 84.0 Å². The lowest BCUT2D eigenvalue weighted by molar-refractivity contribution is -0.490. The molecule has 1 unspecified atom stereocenters. The van der Waals surface area contributed by atoms with Gasteiger partial charge in [-0.15, -0.1) is 0 Å². The minimum absolute atomic E-state index is 0.0554. The molecule has 0 heterocycles. The third-order valence-electron chi connectivity index (χ3n) is 5.40. The monoisotopic (exact) mass is 522 g/mol. The Bertz CT molecular complexity index is 629. The van der Waals surface area contributed by atoms with E-state index in [1.54, 1.807) is 11.6 Å². The Labute approximate surface area is 212 Å². The maximum Gasteiger partial charge on any atom is 0.472 e. The first-order valence-corrected chi connectivity index (χ1v) is 14.6. The molecule has 0 aliphatic carbocycles. The van der Waals surface area contributed by atoms with Gasteiger partial charge in [-0.05, 0) is 6.42 Å². The van der Waals surface area contributed by atoms with Gasteiger partial charge in [0.2, 0.25) is 0 Å². The van der Waals surface area contributed by atoms with Crippen molar-refractivity contribution in [3.8, 4) is 0 Å². The first kappa shape index (κ1) is 33.7. The maximum atomic E-state index is 12.0. The predicted molar refractivity (Wildman–Crippen MR) is 137 cm³/mol. The average molecular weight is 523 g/mol. The Morgan fingerprint density at radius 1 is 0.886 bits per heavy atom. The van der Waals surface area contributed by atoms with Crippen molar-refractivity contribution in [2.45, 2.75) is 110 Å². The molecule has 206 valence electrons. The number of hydrogen-bond donors (Lipinski definition) is 1. The molecule has 10 heteroatoms. The normalized spacial score (nSPS) is 13.7. The van der Waals surface area contributed by atoms with Crippen LogP contribution < -0.4 is 0 Å². The number of carbonyl (C=O) groups excluding carboxylic acids is 2. The van der Waals surface area contributed by atoms with E-state index in [0.717, 1.165) is 19.3 Å². The standard InChI is InChI=1S/C25H48NO8P/c1-5-6-7-8-9-10-11-12-13-14-15-16-17-18-25(28)31-21-24(34-23(2)27)22-33-35(29,30)32-20-19-26(3)4/h24H,3,5-22H2,1-2,4H3/p+1/t24-/m1/s1. The molecule has 0 saturated heterocycles. The van der Waals surface area contributed by atoms with Gasteiger partial charge in [-0.2, -0.15) is 0 Å². The third kappa shape index (κ3) is 24.2. The van der Waals surface area contributed by atoms with Crippen molar-refractivity contribution >= 4 is 26.5 Å². The molecule has 2 atom stereocenters. The maximum absolute atomic E-state index is 12.0. The SMILES string of the molecule is C=[N+](C)CCOP(=O)(O)OC[C@@H](COC(=O)CCCCCCCCCCCCCCC)OC(C)=O. The zero-order valence-electron chi connectivity index (χ0n) is 22.2. The summed E-state index contributed by atoms with van der Waals surface area (Å²) in [5.74, 6) is -1.01. The van der Waals surface area contributed by atoms with Crippen LogP contribution in [-0.4, -0.2) is 67.6 Å². The van der Waals surface area contributed by atoms with Crippen LogP contribution in [0.1, 0.15) is 104 Å². The van der Waals surface area contributed by atoms with Crippen LogP contribution in [0, 0.1) is 0 Å². The Morgan fingerprint density at radius 2 is 1.40 bits per heavy atom. The van der Waals surface area contributed by atoms with E-state index in [0.29, 0.717) is 6.54 Å². The molecule has 0 aromatic rings. The highest BCUT2D eigenvalue weighted by atomic mass is 31.2. The number of unbranched alkanes of at least 4 members (excludes halogenated alkanes) is 12. The highest BCUT2D eigenvalue weighted by Gasteiger charge is 2.25. The van der Waals surface area contributed by atoms with Crippen molar-refractivity contribution in [3.63, 3.8) is 0 Å². The van der Waals surface area contributed by atoms with Crippen molar-refractivity contribution < 1.29 is 42.1 Å². The van der Waals surface area contributed by atoms with Crippen LogP contribution in [0.25, 0.3) is 0 Å². The van der Waals surface area contributed by atoms with Crippen LogP contribution in [0.5, 0.6) is 0 Å². The fraction of sp³-hybridized carbons (Fsp3) is 0.880. The number of ether oxygens (including phenoxy) is 2. The van der Waals surface area contributed by atoms with Gasteiger partial charge in [0.1, 0.15) is 27.0 Å². The van der Waals surface area contributed by atoms with Crippen LogP contribution in [0.15, 0.2) is 0 Å². The molecule has 0 spiro atoms. The summed E-state index contributed by atoms with van der Waals surface area (Å²) in [4.78, 5) is 33.0. The van der Waals surface area contributed by atoms with Crippen molar-refractivity contribution in [1.29, 1.82) is 0 Å². The van der Waals surface area contributed by atoms with Gasteiger partial charge in [-0.3, -0.25) is 18.6 Å². The second-order valence-corrected chi connectivity index (χ2v) is 10.5. The lowest BCUT2D eigenvalue weighted by Gasteiger charge is -2.19. The van der Waals surface area contributed by atoms with Crippen LogP contribution in [0.3, 0.4) is 0 Å². The van der Waals surface area contributed by atoms with Crippen LogP contribution in [-0.2, 0) is 32.7 Å². The summed E-state index contributed by atoms with van der Waals surface area (Å²) in [6, 6.07) is 0. The van der Waals surface area contributed by atoms with Gasteiger partial charge in [-0.25, -0.2) is 9.14 Å². The smallest absolute Gasteiger partial charge is 0.462 e. The Morgan fingerprint density at radius 3 is 1.89 bits per heavy atom. The molecule has 0 aromatic heterocycles. The highest BCUT2D eigenvalue weighted by Crippen LogP contribution is 2.43. The number of phosphoric ester groups is 1. The molecule has 0 rings (SSSR count). The summed E-state index contributed by atoms with van der Waals surface area (Å²) < 4.78 is 33.3. The fourth-order valence-corrected chi connectivity index (χ4v) is 4.16. The number of nitrogens with zero attached hydrogens (tertiary/aromatic N) is 1. The number of hydrogen-bond acceptors (Lipinski definition) is 7. The fourth-order valence-electron chi connectivity index (χ4n) is 3.42. The second kappa shape index (κ2) is 22.0. The van der Waals surface area contributed by atoms with Crippen molar-refractivity contribution in [1.82, 2.24) is 0 Å². The summed E-state index contributed by atoms with van der Waals surface area (Å²) in [6.45, 7) is 6.63. The van der Waals surface area contributed by atoms with E-state index in [1.807, 2.05) is 0 Å². The molecule has 35 heavy (non-hydrogen) atoms. The van der Waals surface area contributed by atoms with Crippen molar-refractivity contribution in [2.75, 3.05) is 33.4 Å². The second-order valence-electron chi connectivity index (χ2n) is 9.08. The summed E-state index contributed by atoms with van der Waals surface area (Å²) >= 11 is 0. The van der Waals surface area contributed by atoms with Gasteiger partial charge in [0.25, 0.3) is 0 Å². The molecule has 0 radical (unpaired) electrons. The zero-order valence-corrected chi connectivity index (χ0v) is 23.1. The molecule has 0 aromatic carbocycles. The molecule has 1 N–H and O–H groups in total. The van der Waals surface area contributed by atoms with Gasteiger partial charge >= 0.3 is 19.8 Å². The molecule has 0 amide bonds. The van der Waals surface area contributed by atoms with Gasteiger partial charge in [0.05, 0.1) is 6.61 Å². The topological polar surface area (TPSA) is 111 Å². The summed E-state index contributed by atoms with van der Waals surface area (Å²) in [5, 5.41) is 0. The van der Waals surface area contributed by atoms with Crippen LogP contribution >= 0.6 is 7.82 Å². The predicted octanol–water partition coefficient (Wildman–Crippen LogP) is 5.42. The van der Waals surface area contributed by atoms with E-state index < -0.39 is 32.5 Å². The summed E-state index contributed by atoms with van der Waals surface area (Å²) in [5.41, 5.74) is 0. The van der Waals surface area contributed by atoms with E-state index >= 15 is 0 Å². The molecular formula is C25H49NO8P+. The Kier molecular flexibility index (Phi) is 21.2. The molecule has 9 nitrogen and oxygen atoms in total. The van der Waals surface area contributed by atoms with Crippen LogP contribution in [0.4, 0.5) is 0 Å². The largest absolute Gasteiger partial charge is 0.472 e. The van der Waals surface area contributed by atoms with Gasteiger partial charge in [0.15, 0.2) is 12.6 Å². The van der Waals surface area contributed by atoms with Crippen LogP contribution in [0.2, 0.25) is 0 Å². The van der Waals surface area contributed by atoms with E-state index in [2.05, 4.69) is 13.6 Å². The van der Waals surface area contributed by atoms with Gasteiger partial charge < -0.3 is 14.4 Å². The van der Waals surface area contributed by atoms with Crippen molar-refractivity contribution in [2.24, 2.45) is 0 Å². The average Bonchev–Trinajstić information content (AvgIpc) is 2.78. The number of likely N-dealkylation sites (N-methyl/N-ethyl adjacent to an activating group) is 1. The minimum atomic E-state index is -4.32. The molecule has 0 aliphatic heterocycles. The van der Waals surface area contributed by atoms with Crippen molar-refractivity contribution in [3.05, 3.63) is 0 Å². The minimum Gasteiger partial charge on any atom is -0.462 e. The summed E-state index contributed by atoms with van der Waals surface area (Å²) in [7, 11) is -2.63. The molecule has 0 saturated carbocycles. The lowest BCUT2D eigenvalue weighted by atomic mass is 10.0. The number of esters is 2. The first-order valence-electron chi connectivity index (χ1n) is 13.1. The third-order valence-corrected chi connectivity index (χ3v) is 6.38. The summed E-state index contributed by atoms with van der Waals surface area (Å²) in [6.07, 6.45) is 15.2. The van der Waals surface area contributed by atoms with Gasteiger partial charge in [0, 0.05) is 13.3 Å². The Balaban J connectivity index is 3.90. The van der Waals surface area contributed by atoms with E-state index in [-0.39, 0.29) is 19.6 Å². The van der Waals surface area contributed by atoms with E-state index in [1.165, 1.54) is 71.1 Å². The number of carbonyl (C=O) groups is 2. The number of rotatable bonds is 24. The van der Waals surface area contributed by atoms with E-state index in [4.69, 9.17) is 18.5 Å². The van der Waals surface area contributed by atoms with E-state index in [9.17, 15) is 19.0 Å². The molecular weight excluding hydrogens is 473 g/mol. The molecule has 0 aliphatic rings. The zero-order chi connectivity index (χ0) is 26.4. The Hall–Kier alpha value is -1.28. The first-order chi connectivity index (χ1) is 16.7. The quantitative estimate of drug-likeness (QED) is 0.0588. The molecule has 0 fully saturated rings. The highest BCUT2D eigenvalue weighted by molar-refractivity contribution is 7.47. The molecule has 0 bridgehead atoms. The lowest BCUT2D eigenvalue weighted by Crippen LogP contribution is -2.28. The number of phosphoric acid groups is 1.